The molecule has 4 rings (SSSR count). The van der Waals surface area contributed by atoms with Gasteiger partial charge in [0.15, 0.2) is 0 Å². The van der Waals surface area contributed by atoms with E-state index >= 15 is 0 Å². The van der Waals surface area contributed by atoms with Gasteiger partial charge in [0.25, 0.3) is 0 Å². The maximum atomic E-state index is 12.3. The highest BCUT2D eigenvalue weighted by Crippen LogP contribution is 2.26. The Morgan fingerprint density at radius 2 is 2.09 bits per heavy atom. The number of hydrogen-bond acceptors (Lipinski definition) is 3. The number of nitrogens with zero attached hydrogens (tertiary/aromatic N) is 3. The molecule has 0 radical (unpaired) electrons. The first-order valence-corrected chi connectivity index (χ1v) is 7.36. The fourth-order valence-electron chi connectivity index (χ4n) is 2.69. The molecule has 3 heterocycles. The Hall–Kier alpha value is -2.56. The van der Waals surface area contributed by atoms with E-state index in [1.165, 1.54) is 12.1 Å². The zero-order valence-electron chi connectivity index (χ0n) is 12.1. The lowest BCUT2D eigenvalue weighted by Crippen LogP contribution is -2.36. The number of alkyl halides is 1. The molecular formula is C17H16FN3O. The van der Waals surface area contributed by atoms with Gasteiger partial charge in [0.05, 0.1) is 5.69 Å². The normalized spacial score (nSPS) is 14.1. The Bertz CT molecular complexity index is 811. The van der Waals surface area contributed by atoms with Gasteiger partial charge in [-0.1, -0.05) is 12.1 Å². The lowest BCUT2D eigenvalue weighted by atomic mass is 10.1. The number of imidazole rings is 1. The lowest BCUT2D eigenvalue weighted by molar-refractivity contribution is 0.192. The Balaban J connectivity index is 1.71. The molecule has 1 aromatic carbocycles. The summed E-state index contributed by atoms with van der Waals surface area (Å²) in [4.78, 5) is 7.01. The number of benzene rings is 1. The Morgan fingerprint density at radius 3 is 2.86 bits per heavy atom. The first kappa shape index (κ1) is 13.1. The lowest BCUT2D eigenvalue weighted by Gasteiger charge is -2.33. The van der Waals surface area contributed by atoms with Crippen LogP contribution in [0.5, 0.6) is 5.75 Å². The van der Waals surface area contributed by atoms with Gasteiger partial charge in [0, 0.05) is 42.8 Å². The predicted octanol–water partition coefficient (Wildman–Crippen LogP) is 3.52. The summed E-state index contributed by atoms with van der Waals surface area (Å²) in [7, 11) is 0. The molecule has 0 unspecified atom stereocenters. The zero-order chi connectivity index (χ0) is 14.9. The minimum absolute atomic E-state index is 0.512. The molecule has 0 spiro atoms. The highest BCUT2D eigenvalue weighted by Gasteiger charge is 2.15. The van der Waals surface area contributed by atoms with E-state index in [9.17, 15) is 4.39 Å². The highest BCUT2D eigenvalue weighted by molar-refractivity contribution is 5.66. The van der Waals surface area contributed by atoms with Crippen LogP contribution in [0.25, 0.3) is 16.9 Å². The van der Waals surface area contributed by atoms with Gasteiger partial charge in [-0.05, 0) is 24.6 Å². The number of halogens is 1. The van der Waals surface area contributed by atoms with E-state index < -0.39 is 6.86 Å². The van der Waals surface area contributed by atoms with Gasteiger partial charge in [-0.15, -0.1) is 0 Å². The molecule has 0 saturated carbocycles. The fourth-order valence-corrected chi connectivity index (χ4v) is 2.69. The van der Waals surface area contributed by atoms with Crippen molar-refractivity contribution in [3.8, 4) is 17.0 Å². The number of fused-ring (bicyclic) bond motifs is 1. The van der Waals surface area contributed by atoms with Crippen LogP contribution in [0.4, 0.5) is 10.1 Å². The van der Waals surface area contributed by atoms with Crippen molar-refractivity contribution in [3.63, 3.8) is 0 Å². The molecule has 112 valence electrons. The highest BCUT2D eigenvalue weighted by atomic mass is 19.1. The Kier molecular flexibility index (Phi) is 3.18. The number of anilines is 1. The monoisotopic (exact) mass is 297 g/mol. The summed E-state index contributed by atoms with van der Waals surface area (Å²) in [6.45, 7) is 1.41. The summed E-state index contributed by atoms with van der Waals surface area (Å²) in [5.74, 6) is 0.512. The summed E-state index contributed by atoms with van der Waals surface area (Å²) >= 11 is 0. The van der Waals surface area contributed by atoms with Crippen molar-refractivity contribution in [1.82, 2.24) is 9.38 Å². The molecular weight excluding hydrogens is 281 g/mol. The van der Waals surface area contributed by atoms with Gasteiger partial charge < -0.3 is 14.0 Å². The molecule has 5 heteroatoms. The van der Waals surface area contributed by atoms with Crippen molar-refractivity contribution in [3.05, 3.63) is 48.8 Å². The number of ether oxygens (including phenoxy) is 1. The van der Waals surface area contributed by atoms with E-state index in [4.69, 9.17) is 4.74 Å². The molecule has 22 heavy (non-hydrogen) atoms. The van der Waals surface area contributed by atoms with Gasteiger partial charge >= 0.3 is 0 Å². The quantitative estimate of drug-likeness (QED) is 0.738. The van der Waals surface area contributed by atoms with E-state index in [0.717, 1.165) is 30.0 Å². The van der Waals surface area contributed by atoms with Gasteiger partial charge in [-0.3, -0.25) is 0 Å². The summed E-state index contributed by atoms with van der Waals surface area (Å²) in [6.07, 6.45) is 5.26. The molecule has 2 aromatic heterocycles. The van der Waals surface area contributed by atoms with Crippen molar-refractivity contribution in [2.24, 2.45) is 0 Å². The molecule has 1 fully saturated rings. The second-order valence-corrected chi connectivity index (χ2v) is 5.40. The van der Waals surface area contributed by atoms with Crippen LogP contribution in [0.1, 0.15) is 6.42 Å². The summed E-state index contributed by atoms with van der Waals surface area (Å²) in [5.41, 5.74) is 3.90. The maximum Gasteiger partial charge on any atom is 0.228 e. The average Bonchev–Trinajstić information content (AvgIpc) is 2.89. The minimum atomic E-state index is -0.826. The maximum absolute atomic E-state index is 12.3. The fraction of sp³-hybridized carbons (Fsp3) is 0.235. The number of rotatable bonds is 4. The van der Waals surface area contributed by atoms with Gasteiger partial charge in [-0.2, -0.15) is 0 Å². The molecule has 0 bridgehead atoms. The van der Waals surface area contributed by atoms with Crippen molar-refractivity contribution in [2.75, 3.05) is 24.9 Å². The van der Waals surface area contributed by atoms with Crippen LogP contribution in [-0.4, -0.2) is 29.3 Å². The topological polar surface area (TPSA) is 29.8 Å². The molecule has 0 atom stereocenters. The van der Waals surface area contributed by atoms with Crippen LogP contribution in [0, 0.1) is 0 Å². The molecule has 1 saturated heterocycles. The van der Waals surface area contributed by atoms with Gasteiger partial charge in [0.1, 0.15) is 11.4 Å². The molecule has 1 aliphatic rings. The molecule has 3 aromatic rings. The Labute approximate surface area is 127 Å². The van der Waals surface area contributed by atoms with Crippen molar-refractivity contribution in [1.29, 1.82) is 0 Å². The average molecular weight is 297 g/mol. The first-order chi connectivity index (χ1) is 10.8. The van der Waals surface area contributed by atoms with Crippen LogP contribution in [0.2, 0.25) is 0 Å². The predicted molar refractivity (Wildman–Crippen MR) is 84.1 cm³/mol. The van der Waals surface area contributed by atoms with Gasteiger partial charge in [0.2, 0.25) is 6.86 Å². The zero-order valence-corrected chi connectivity index (χ0v) is 12.1. The smallest absolute Gasteiger partial charge is 0.228 e. The van der Waals surface area contributed by atoms with Crippen LogP contribution >= 0.6 is 0 Å². The Morgan fingerprint density at radius 1 is 1.18 bits per heavy atom. The van der Waals surface area contributed by atoms with E-state index in [2.05, 4.69) is 22.0 Å². The molecule has 0 amide bonds. The second kappa shape index (κ2) is 5.33. The molecule has 1 aliphatic heterocycles. The third-order valence-electron chi connectivity index (χ3n) is 4.02. The van der Waals surface area contributed by atoms with E-state index in [0.29, 0.717) is 5.75 Å². The van der Waals surface area contributed by atoms with E-state index in [1.54, 1.807) is 12.1 Å². The summed E-state index contributed by atoms with van der Waals surface area (Å²) in [6, 6.07) is 11.5. The largest absolute Gasteiger partial charge is 0.463 e. The molecule has 0 aliphatic carbocycles. The van der Waals surface area contributed by atoms with Crippen molar-refractivity contribution in [2.45, 2.75) is 6.42 Å². The van der Waals surface area contributed by atoms with Crippen LogP contribution in [0.3, 0.4) is 0 Å². The van der Waals surface area contributed by atoms with Crippen LogP contribution in [0.15, 0.2) is 48.8 Å². The van der Waals surface area contributed by atoms with E-state index in [1.807, 2.05) is 28.9 Å². The minimum Gasteiger partial charge on any atom is -0.463 e. The molecule has 0 N–H and O–H groups in total. The second-order valence-electron chi connectivity index (χ2n) is 5.40. The SMILES string of the molecule is FCOc1cccc(-c2cn3ccc(N4CCC4)cc3n2)c1. The van der Waals surface area contributed by atoms with E-state index in [-0.39, 0.29) is 0 Å². The van der Waals surface area contributed by atoms with Crippen molar-refractivity contribution < 1.29 is 9.13 Å². The number of hydrogen-bond donors (Lipinski definition) is 0. The third kappa shape index (κ3) is 2.28. The van der Waals surface area contributed by atoms with Crippen LogP contribution < -0.4 is 9.64 Å². The van der Waals surface area contributed by atoms with Gasteiger partial charge in [-0.25, -0.2) is 9.37 Å². The number of aromatic nitrogens is 2. The third-order valence-corrected chi connectivity index (χ3v) is 4.02. The summed E-state index contributed by atoms with van der Waals surface area (Å²) < 4.78 is 19.2. The first-order valence-electron chi connectivity index (χ1n) is 7.36. The standard InChI is InChI=1S/C17H16FN3O/c18-12-22-15-4-1-3-13(9-15)16-11-21-8-5-14(10-17(21)19-16)20-6-2-7-20/h1,3-5,8-11H,2,6-7,12H2. The number of pyridine rings is 1. The molecule has 4 nitrogen and oxygen atoms in total. The van der Waals surface area contributed by atoms with Crippen LogP contribution in [-0.2, 0) is 0 Å². The van der Waals surface area contributed by atoms with Crippen molar-refractivity contribution >= 4 is 11.3 Å². The summed E-state index contributed by atoms with van der Waals surface area (Å²) in [5, 5.41) is 0.